The molecule has 5 nitrogen and oxygen atoms in total. The first-order chi connectivity index (χ1) is 11.4. The number of aromatic nitrogens is 3. The maximum atomic E-state index is 5.83. The molecule has 0 bridgehead atoms. The minimum Gasteiger partial charge on any atom is -0.494 e. The highest BCUT2D eigenvalue weighted by atomic mass is 32.1. The highest BCUT2D eigenvalue weighted by Gasteiger charge is 2.31. The average molecular weight is 326 g/mol. The molecule has 3 heterocycles. The fourth-order valence-corrected chi connectivity index (χ4v) is 3.89. The summed E-state index contributed by atoms with van der Waals surface area (Å²) in [6, 6.07) is 12.8. The lowest BCUT2D eigenvalue weighted by molar-refractivity contribution is 0.325. The number of hydrogen-bond acceptors (Lipinski definition) is 5. The zero-order chi connectivity index (χ0) is 15.6. The van der Waals surface area contributed by atoms with E-state index in [1.807, 2.05) is 23.7 Å². The van der Waals surface area contributed by atoms with Crippen molar-refractivity contribution in [3.8, 4) is 5.75 Å². The summed E-state index contributed by atoms with van der Waals surface area (Å²) in [7, 11) is 0. The monoisotopic (exact) mass is 326 g/mol. The molecule has 0 saturated heterocycles. The van der Waals surface area contributed by atoms with Gasteiger partial charge in [-0.2, -0.15) is 10.1 Å². The van der Waals surface area contributed by atoms with Crippen molar-refractivity contribution in [2.75, 3.05) is 11.9 Å². The summed E-state index contributed by atoms with van der Waals surface area (Å²) in [6.45, 7) is 2.66. The molecule has 1 aliphatic heterocycles. The van der Waals surface area contributed by atoms with Gasteiger partial charge in [-0.15, -0.1) is 11.3 Å². The van der Waals surface area contributed by atoms with Crippen molar-refractivity contribution in [3.63, 3.8) is 0 Å². The van der Waals surface area contributed by atoms with Gasteiger partial charge in [0.2, 0.25) is 5.95 Å². The van der Waals surface area contributed by atoms with E-state index in [4.69, 9.17) is 4.74 Å². The number of fused-ring (bicyclic) bond motifs is 1. The van der Waals surface area contributed by atoms with Crippen LogP contribution in [0.15, 0.2) is 48.1 Å². The average Bonchev–Trinajstić information content (AvgIpc) is 3.26. The molecule has 2 atom stereocenters. The molecule has 118 valence electrons. The summed E-state index contributed by atoms with van der Waals surface area (Å²) in [5.41, 5.74) is 1.16. The van der Waals surface area contributed by atoms with Crippen LogP contribution in [0.3, 0.4) is 0 Å². The molecule has 1 N–H and O–H groups in total. The van der Waals surface area contributed by atoms with Gasteiger partial charge in [-0.1, -0.05) is 24.3 Å². The van der Waals surface area contributed by atoms with E-state index < -0.39 is 0 Å². The Morgan fingerprint density at radius 1 is 1.30 bits per heavy atom. The van der Waals surface area contributed by atoms with Crippen molar-refractivity contribution in [3.05, 3.63) is 58.5 Å². The summed E-state index contributed by atoms with van der Waals surface area (Å²) in [5, 5.41) is 10.0. The first-order valence-corrected chi connectivity index (χ1v) is 8.66. The smallest absolute Gasteiger partial charge is 0.222 e. The third-order valence-corrected chi connectivity index (χ3v) is 5.08. The first kappa shape index (κ1) is 14.3. The topological polar surface area (TPSA) is 52.0 Å². The fraction of sp³-hybridized carbons (Fsp3) is 0.294. The Bertz CT molecular complexity index is 784. The van der Waals surface area contributed by atoms with Gasteiger partial charge < -0.3 is 10.1 Å². The zero-order valence-corrected chi connectivity index (χ0v) is 13.7. The van der Waals surface area contributed by atoms with E-state index in [2.05, 4.69) is 45.0 Å². The second-order valence-corrected chi connectivity index (χ2v) is 6.44. The Morgan fingerprint density at radius 2 is 2.22 bits per heavy atom. The molecule has 2 unspecified atom stereocenters. The van der Waals surface area contributed by atoms with Crippen molar-refractivity contribution in [1.82, 2.24) is 14.8 Å². The Kier molecular flexibility index (Phi) is 3.75. The molecular weight excluding hydrogens is 308 g/mol. The minimum atomic E-state index is 0.114. The van der Waals surface area contributed by atoms with Crippen LogP contribution < -0.4 is 10.1 Å². The molecule has 3 aromatic rings. The summed E-state index contributed by atoms with van der Waals surface area (Å²) < 4.78 is 7.79. The molecular formula is C17H18N4OS. The molecule has 0 amide bonds. The third-order valence-electron chi connectivity index (χ3n) is 4.10. The number of benzene rings is 1. The van der Waals surface area contributed by atoms with Gasteiger partial charge in [0, 0.05) is 10.4 Å². The van der Waals surface area contributed by atoms with Crippen LogP contribution in [0.2, 0.25) is 0 Å². The lowest BCUT2D eigenvalue weighted by Crippen LogP contribution is -2.28. The van der Waals surface area contributed by atoms with E-state index in [0.717, 1.165) is 23.7 Å². The molecule has 1 aromatic carbocycles. The number of nitrogens with zero attached hydrogens (tertiary/aromatic N) is 3. The van der Waals surface area contributed by atoms with Gasteiger partial charge >= 0.3 is 0 Å². The van der Waals surface area contributed by atoms with Crippen molar-refractivity contribution in [1.29, 1.82) is 0 Å². The van der Waals surface area contributed by atoms with E-state index in [0.29, 0.717) is 6.61 Å². The predicted octanol–water partition coefficient (Wildman–Crippen LogP) is 3.88. The highest BCUT2D eigenvalue weighted by Crippen LogP contribution is 2.41. The molecule has 0 radical (unpaired) electrons. The quantitative estimate of drug-likeness (QED) is 0.790. The van der Waals surface area contributed by atoms with Crippen molar-refractivity contribution >= 4 is 17.3 Å². The summed E-state index contributed by atoms with van der Waals surface area (Å²) in [5.74, 6) is 1.74. The van der Waals surface area contributed by atoms with E-state index >= 15 is 0 Å². The van der Waals surface area contributed by atoms with Crippen molar-refractivity contribution in [2.45, 2.75) is 25.4 Å². The van der Waals surface area contributed by atoms with Gasteiger partial charge in [0.05, 0.1) is 18.7 Å². The van der Waals surface area contributed by atoms with Gasteiger partial charge in [0.25, 0.3) is 0 Å². The summed E-state index contributed by atoms with van der Waals surface area (Å²) >= 11 is 1.77. The van der Waals surface area contributed by atoms with Gasteiger partial charge in [0.15, 0.2) is 0 Å². The lowest BCUT2D eigenvalue weighted by atomic mass is 9.96. The molecule has 0 aliphatic carbocycles. The predicted molar refractivity (Wildman–Crippen MR) is 91.1 cm³/mol. The molecule has 0 fully saturated rings. The van der Waals surface area contributed by atoms with Crippen LogP contribution in [-0.4, -0.2) is 21.4 Å². The highest BCUT2D eigenvalue weighted by molar-refractivity contribution is 7.10. The molecule has 6 heteroatoms. The maximum absolute atomic E-state index is 5.83. The molecule has 0 saturated carbocycles. The molecule has 23 heavy (non-hydrogen) atoms. The summed E-state index contributed by atoms with van der Waals surface area (Å²) in [4.78, 5) is 5.69. The second-order valence-electron chi connectivity index (χ2n) is 5.46. The van der Waals surface area contributed by atoms with E-state index in [-0.39, 0.29) is 12.1 Å². The Labute approximate surface area is 138 Å². The minimum absolute atomic E-state index is 0.114. The Balaban J connectivity index is 1.76. The number of hydrogen-bond donors (Lipinski definition) is 1. The van der Waals surface area contributed by atoms with Crippen molar-refractivity contribution < 1.29 is 4.74 Å². The number of anilines is 1. The maximum Gasteiger partial charge on any atom is 0.222 e. The van der Waals surface area contributed by atoms with E-state index in [1.54, 1.807) is 17.7 Å². The van der Waals surface area contributed by atoms with Crippen LogP contribution in [0.4, 0.5) is 5.95 Å². The van der Waals surface area contributed by atoms with Gasteiger partial charge in [0.1, 0.15) is 12.1 Å². The van der Waals surface area contributed by atoms with Crippen LogP contribution in [0.5, 0.6) is 5.75 Å². The molecule has 4 rings (SSSR count). The van der Waals surface area contributed by atoms with Crippen LogP contribution in [0, 0.1) is 0 Å². The van der Waals surface area contributed by atoms with Crippen LogP contribution in [0.1, 0.15) is 35.9 Å². The SMILES string of the molecule is CCOc1ccccc1C1CC(c2cccs2)Nc2ncnn21. The normalized spacial score (nSPS) is 19.9. The Morgan fingerprint density at radius 3 is 3.04 bits per heavy atom. The lowest BCUT2D eigenvalue weighted by Gasteiger charge is -2.31. The number of para-hydroxylation sites is 1. The van der Waals surface area contributed by atoms with Crippen LogP contribution in [0.25, 0.3) is 0 Å². The number of ether oxygens (including phenoxy) is 1. The molecule has 1 aliphatic rings. The van der Waals surface area contributed by atoms with Gasteiger partial charge in [-0.3, -0.25) is 0 Å². The third kappa shape index (κ3) is 2.59. The largest absolute Gasteiger partial charge is 0.494 e. The van der Waals surface area contributed by atoms with E-state index in [9.17, 15) is 0 Å². The number of thiophene rings is 1. The van der Waals surface area contributed by atoms with Gasteiger partial charge in [-0.05, 0) is 30.9 Å². The first-order valence-electron chi connectivity index (χ1n) is 7.78. The van der Waals surface area contributed by atoms with Crippen LogP contribution >= 0.6 is 11.3 Å². The van der Waals surface area contributed by atoms with Gasteiger partial charge in [-0.25, -0.2) is 4.68 Å². The van der Waals surface area contributed by atoms with E-state index in [1.165, 1.54) is 4.88 Å². The molecule has 2 aromatic heterocycles. The summed E-state index contributed by atoms with van der Waals surface area (Å²) in [6.07, 6.45) is 2.52. The number of rotatable bonds is 4. The molecule has 0 spiro atoms. The fourth-order valence-electron chi connectivity index (χ4n) is 3.10. The standard InChI is InChI=1S/C17H18N4OS/c1-2-22-15-7-4-3-6-12(15)14-10-13(16-8-5-9-23-16)20-17-18-11-19-21(14)17/h3-9,11,13-14H,2,10H2,1H3,(H,18,19,20). The van der Waals surface area contributed by atoms with Crippen molar-refractivity contribution in [2.24, 2.45) is 0 Å². The van der Waals surface area contributed by atoms with Crippen LogP contribution in [-0.2, 0) is 0 Å². The number of nitrogens with one attached hydrogen (secondary N) is 1. The Hall–Kier alpha value is -2.34. The zero-order valence-electron chi connectivity index (χ0n) is 12.8. The second kappa shape index (κ2) is 6.04.